The van der Waals surface area contributed by atoms with E-state index in [4.69, 9.17) is 0 Å². The van der Waals surface area contributed by atoms with Gasteiger partial charge in [0.1, 0.15) is 23.7 Å². The van der Waals surface area contributed by atoms with Crippen molar-refractivity contribution in [2.75, 3.05) is 13.1 Å². The predicted molar refractivity (Wildman–Crippen MR) is 102 cm³/mol. The Morgan fingerprint density at radius 2 is 1.86 bits per heavy atom. The van der Waals surface area contributed by atoms with Crippen LogP contribution < -0.4 is 10.6 Å². The first-order chi connectivity index (χ1) is 13.7. The summed E-state index contributed by atoms with van der Waals surface area (Å²) in [5.41, 5.74) is -1.05. The minimum Gasteiger partial charge on any atom is -0.354 e. The molecule has 1 fully saturated rings. The molecule has 0 aromatic heterocycles. The number of hydrogen-bond donors (Lipinski definition) is 2. The molecule has 1 aliphatic heterocycles. The van der Waals surface area contributed by atoms with Gasteiger partial charge in [-0.3, -0.25) is 14.5 Å². The second-order valence-corrected chi connectivity index (χ2v) is 7.19. The molecular weight excluding hydrogens is 380 g/mol. The normalized spacial score (nSPS) is 19.8. The van der Waals surface area contributed by atoms with E-state index in [9.17, 15) is 23.2 Å². The molecule has 2 atom stereocenters. The van der Waals surface area contributed by atoms with Gasteiger partial charge in [-0.15, -0.1) is 0 Å². The van der Waals surface area contributed by atoms with Crippen molar-refractivity contribution in [1.82, 2.24) is 15.5 Å². The van der Waals surface area contributed by atoms with Crippen molar-refractivity contribution >= 4 is 17.8 Å². The highest BCUT2D eigenvalue weighted by atomic mass is 19.1. The lowest BCUT2D eigenvalue weighted by atomic mass is 9.91. The van der Waals surface area contributed by atoms with Crippen LogP contribution in [-0.2, 0) is 15.1 Å². The molecule has 2 aromatic rings. The Bertz CT molecular complexity index is 951. The van der Waals surface area contributed by atoms with E-state index in [0.29, 0.717) is 11.4 Å². The topological polar surface area (TPSA) is 78.5 Å². The molecule has 1 aliphatic rings. The van der Waals surface area contributed by atoms with Crippen molar-refractivity contribution in [3.8, 4) is 0 Å². The van der Waals surface area contributed by atoms with Gasteiger partial charge < -0.3 is 10.6 Å². The number of carbonyl (C=O) groups excluding carboxylic acids is 3. The number of amides is 4. The molecule has 152 valence electrons. The summed E-state index contributed by atoms with van der Waals surface area (Å²) in [4.78, 5) is 38.0. The number of imide groups is 1. The summed E-state index contributed by atoms with van der Waals surface area (Å²) in [5, 5.41) is 5.05. The zero-order chi connectivity index (χ0) is 21.2. The van der Waals surface area contributed by atoms with Gasteiger partial charge in [0.25, 0.3) is 5.91 Å². The van der Waals surface area contributed by atoms with Crippen molar-refractivity contribution in [1.29, 1.82) is 0 Å². The molecule has 8 heteroatoms. The maximum absolute atomic E-state index is 14.2. The number of nitrogens with zero attached hydrogens (tertiary/aromatic N) is 1. The monoisotopic (exact) mass is 401 g/mol. The van der Waals surface area contributed by atoms with E-state index in [0.717, 1.165) is 23.8 Å². The Morgan fingerprint density at radius 3 is 2.55 bits per heavy atom. The maximum Gasteiger partial charge on any atom is 0.325 e. The first-order valence-corrected chi connectivity index (χ1v) is 9.13. The summed E-state index contributed by atoms with van der Waals surface area (Å²) in [6.45, 7) is 3.02. The fourth-order valence-electron chi connectivity index (χ4n) is 3.27. The fraction of sp³-hybridized carbons (Fsp3) is 0.286. The maximum atomic E-state index is 14.2. The SMILES string of the molecule is C[C@@H](CNC(=O)CN1C(=O)N[C@](C)(c2cc(F)ccc2F)C1=O)c1ccccc1. The molecule has 0 unspecified atom stereocenters. The lowest BCUT2D eigenvalue weighted by Crippen LogP contribution is -2.44. The Labute approximate surface area is 166 Å². The third-order valence-electron chi connectivity index (χ3n) is 5.02. The first-order valence-electron chi connectivity index (χ1n) is 9.13. The summed E-state index contributed by atoms with van der Waals surface area (Å²) in [7, 11) is 0. The van der Waals surface area contributed by atoms with Crippen LogP contribution in [0.4, 0.5) is 13.6 Å². The van der Waals surface area contributed by atoms with E-state index in [1.807, 2.05) is 37.3 Å². The molecule has 2 N–H and O–H groups in total. The quantitative estimate of drug-likeness (QED) is 0.731. The van der Waals surface area contributed by atoms with E-state index in [1.54, 1.807) is 0 Å². The fourth-order valence-corrected chi connectivity index (χ4v) is 3.27. The molecular formula is C21H21F2N3O3. The molecule has 0 spiro atoms. The summed E-state index contributed by atoms with van der Waals surface area (Å²) < 4.78 is 27.7. The van der Waals surface area contributed by atoms with Crippen molar-refractivity contribution in [3.63, 3.8) is 0 Å². The number of urea groups is 1. The molecule has 29 heavy (non-hydrogen) atoms. The van der Waals surface area contributed by atoms with Crippen molar-refractivity contribution < 1.29 is 23.2 Å². The summed E-state index contributed by atoms with van der Waals surface area (Å²) in [6.07, 6.45) is 0. The highest BCUT2D eigenvalue weighted by Crippen LogP contribution is 2.31. The number of nitrogens with one attached hydrogen (secondary N) is 2. The van der Waals surface area contributed by atoms with Crippen LogP contribution in [0.1, 0.15) is 30.9 Å². The lowest BCUT2D eigenvalue weighted by molar-refractivity contribution is -0.134. The van der Waals surface area contributed by atoms with Crippen molar-refractivity contribution in [2.45, 2.75) is 25.3 Å². The molecule has 6 nitrogen and oxygen atoms in total. The Balaban J connectivity index is 1.67. The standard InChI is InChI=1S/C21H21F2N3O3/c1-13(14-6-4-3-5-7-14)11-24-18(27)12-26-19(28)21(2,25-20(26)29)16-10-15(22)8-9-17(16)23/h3-10,13H,11-12H2,1-2H3,(H,24,27)(H,25,29)/t13-,21+/m0/s1. The number of rotatable bonds is 6. The smallest absolute Gasteiger partial charge is 0.325 e. The van der Waals surface area contributed by atoms with Gasteiger partial charge in [-0.1, -0.05) is 37.3 Å². The van der Waals surface area contributed by atoms with E-state index in [1.165, 1.54) is 6.92 Å². The van der Waals surface area contributed by atoms with E-state index in [-0.39, 0.29) is 11.5 Å². The summed E-state index contributed by atoms with van der Waals surface area (Å²) >= 11 is 0. The molecule has 2 aromatic carbocycles. The third kappa shape index (κ3) is 4.11. The lowest BCUT2D eigenvalue weighted by Gasteiger charge is -2.22. The van der Waals surface area contributed by atoms with Crippen molar-refractivity contribution in [2.24, 2.45) is 0 Å². The summed E-state index contributed by atoms with van der Waals surface area (Å²) in [6, 6.07) is 11.4. The molecule has 0 radical (unpaired) electrons. The largest absolute Gasteiger partial charge is 0.354 e. The molecule has 4 amide bonds. The summed E-state index contributed by atoms with van der Waals surface area (Å²) in [5.74, 6) is -2.88. The predicted octanol–water partition coefficient (Wildman–Crippen LogP) is 2.65. The molecule has 1 heterocycles. The second-order valence-electron chi connectivity index (χ2n) is 7.19. The number of benzene rings is 2. The third-order valence-corrected chi connectivity index (χ3v) is 5.02. The average Bonchev–Trinajstić information content (AvgIpc) is 2.92. The Morgan fingerprint density at radius 1 is 1.17 bits per heavy atom. The van der Waals surface area contributed by atoms with E-state index >= 15 is 0 Å². The highest BCUT2D eigenvalue weighted by molar-refractivity contribution is 6.09. The number of hydrogen-bond acceptors (Lipinski definition) is 3. The van der Waals surface area contributed by atoms with Gasteiger partial charge in [0.05, 0.1) is 0 Å². The Kier molecular flexibility index (Phi) is 5.63. The van der Waals surface area contributed by atoms with E-state index < -0.39 is 41.6 Å². The zero-order valence-electron chi connectivity index (χ0n) is 16.0. The second kappa shape index (κ2) is 7.98. The van der Waals surface area contributed by atoms with Crippen LogP contribution in [0.15, 0.2) is 48.5 Å². The van der Waals surface area contributed by atoms with E-state index in [2.05, 4.69) is 10.6 Å². The van der Waals surface area contributed by atoms with Gasteiger partial charge in [0, 0.05) is 12.1 Å². The minimum absolute atomic E-state index is 0.0370. The van der Waals surface area contributed by atoms with Gasteiger partial charge in [0.2, 0.25) is 5.91 Å². The average molecular weight is 401 g/mol. The zero-order valence-corrected chi connectivity index (χ0v) is 16.0. The van der Waals surface area contributed by atoms with Gasteiger partial charge in [-0.2, -0.15) is 0 Å². The van der Waals surface area contributed by atoms with Crippen LogP contribution in [-0.4, -0.2) is 35.8 Å². The molecule has 0 bridgehead atoms. The molecule has 0 aliphatic carbocycles. The van der Waals surface area contributed by atoms with Gasteiger partial charge in [-0.25, -0.2) is 13.6 Å². The van der Waals surface area contributed by atoms with Crippen LogP contribution in [0, 0.1) is 11.6 Å². The molecule has 1 saturated heterocycles. The van der Waals surface area contributed by atoms with Gasteiger partial charge in [0.15, 0.2) is 0 Å². The van der Waals surface area contributed by atoms with Gasteiger partial charge >= 0.3 is 6.03 Å². The van der Waals surface area contributed by atoms with Crippen LogP contribution in [0.3, 0.4) is 0 Å². The first kappa shape index (κ1) is 20.4. The molecule has 3 rings (SSSR count). The van der Waals surface area contributed by atoms with Gasteiger partial charge in [-0.05, 0) is 36.6 Å². The van der Waals surface area contributed by atoms with Crippen LogP contribution in [0.5, 0.6) is 0 Å². The Hall–Kier alpha value is -3.29. The van der Waals surface area contributed by atoms with Crippen LogP contribution in [0.2, 0.25) is 0 Å². The number of halogens is 2. The molecule has 0 saturated carbocycles. The number of carbonyl (C=O) groups is 3. The van der Waals surface area contributed by atoms with Crippen LogP contribution in [0.25, 0.3) is 0 Å². The minimum atomic E-state index is -1.79. The van der Waals surface area contributed by atoms with Crippen molar-refractivity contribution in [3.05, 3.63) is 71.3 Å². The van der Waals surface area contributed by atoms with Crippen LogP contribution >= 0.6 is 0 Å². The highest BCUT2D eigenvalue weighted by Gasteiger charge is 2.50.